The van der Waals surface area contributed by atoms with Gasteiger partial charge in [0, 0.05) is 47.4 Å². The molecule has 1 aliphatic carbocycles. The van der Waals surface area contributed by atoms with Gasteiger partial charge in [-0.3, -0.25) is 4.68 Å². The Labute approximate surface area is 247 Å². The molecule has 1 N–H and O–H groups in total. The van der Waals surface area contributed by atoms with E-state index in [1.54, 1.807) is 13.1 Å². The first-order valence-corrected chi connectivity index (χ1v) is 14.8. The second kappa shape index (κ2) is 10.5. The maximum absolute atomic E-state index is 11.4. The minimum Gasteiger partial charge on any atom is -0.477 e. The fraction of sp³-hybridized carbons (Fsp3) is 0.387. The highest BCUT2D eigenvalue weighted by Crippen LogP contribution is 2.47. The number of carboxylic acid groups (broad SMARTS) is 1. The number of hydrogen-bond donors (Lipinski definition) is 1. The van der Waals surface area contributed by atoms with E-state index < -0.39 is 5.97 Å². The van der Waals surface area contributed by atoms with Crippen LogP contribution in [-0.4, -0.2) is 44.2 Å². The van der Waals surface area contributed by atoms with E-state index in [-0.39, 0.29) is 11.8 Å². The fourth-order valence-corrected chi connectivity index (χ4v) is 7.12. The summed E-state index contributed by atoms with van der Waals surface area (Å²) >= 11 is 13.1. The van der Waals surface area contributed by atoms with Crippen molar-refractivity contribution in [2.75, 3.05) is 4.90 Å². The van der Waals surface area contributed by atoms with E-state index in [1.807, 2.05) is 30.3 Å². The van der Waals surface area contributed by atoms with E-state index in [9.17, 15) is 9.90 Å². The smallest absolute Gasteiger partial charge is 0.354 e. The van der Waals surface area contributed by atoms with Crippen LogP contribution in [0, 0.1) is 0 Å². The van der Waals surface area contributed by atoms with Crippen molar-refractivity contribution in [3.8, 4) is 22.5 Å². The van der Waals surface area contributed by atoms with Crippen molar-refractivity contribution in [2.45, 2.75) is 69.2 Å². The SMILES string of the molecule is Cn1nc(-c2ccc(N3[C@@H]4CC[C@H]3C[C@H](OCc3c(-c5c(Cl)cccc5Cl)noc3C3CC3)C4)cc2)cc1C(=O)O. The van der Waals surface area contributed by atoms with Crippen molar-refractivity contribution in [1.82, 2.24) is 14.9 Å². The lowest BCUT2D eigenvalue weighted by atomic mass is 9.98. The van der Waals surface area contributed by atoms with Crippen molar-refractivity contribution in [3.63, 3.8) is 0 Å². The van der Waals surface area contributed by atoms with Crippen LogP contribution in [0.15, 0.2) is 53.1 Å². The van der Waals surface area contributed by atoms with Gasteiger partial charge < -0.3 is 19.3 Å². The monoisotopic (exact) mass is 592 g/mol. The van der Waals surface area contributed by atoms with Crippen LogP contribution in [0.4, 0.5) is 5.69 Å². The molecule has 3 aliphatic rings. The van der Waals surface area contributed by atoms with Crippen molar-refractivity contribution in [2.24, 2.45) is 7.05 Å². The number of fused-ring (bicyclic) bond motifs is 2. The van der Waals surface area contributed by atoms with Gasteiger partial charge >= 0.3 is 5.97 Å². The van der Waals surface area contributed by atoms with Gasteiger partial charge in [-0.2, -0.15) is 5.10 Å². The van der Waals surface area contributed by atoms with Crippen LogP contribution < -0.4 is 4.90 Å². The number of carboxylic acids is 1. The zero-order valence-corrected chi connectivity index (χ0v) is 24.1. The molecule has 8 nitrogen and oxygen atoms in total. The van der Waals surface area contributed by atoms with Crippen molar-refractivity contribution >= 4 is 34.9 Å². The van der Waals surface area contributed by atoms with Gasteiger partial charge in [-0.15, -0.1) is 0 Å². The molecule has 2 bridgehead atoms. The minimum atomic E-state index is -0.985. The molecule has 0 unspecified atom stereocenters. The van der Waals surface area contributed by atoms with E-state index in [0.717, 1.165) is 55.4 Å². The lowest BCUT2D eigenvalue weighted by molar-refractivity contribution is 0.0147. The summed E-state index contributed by atoms with van der Waals surface area (Å²) in [7, 11) is 1.65. The van der Waals surface area contributed by atoms with E-state index in [4.69, 9.17) is 32.5 Å². The van der Waals surface area contributed by atoms with Crippen LogP contribution in [-0.2, 0) is 18.4 Å². The average molecular weight is 594 g/mol. The van der Waals surface area contributed by atoms with Gasteiger partial charge in [0.1, 0.15) is 17.1 Å². The predicted octanol–water partition coefficient (Wildman–Crippen LogP) is 7.34. The predicted molar refractivity (Wildman–Crippen MR) is 157 cm³/mol. The van der Waals surface area contributed by atoms with Crippen molar-refractivity contribution in [1.29, 1.82) is 0 Å². The number of aryl methyl sites for hydroxylation is 1. The molecule has 2 aliphatic heterocycles. The van der Waals surface area contributed by atoms with Crippen LogP contribution in [0.1, 0.15) is 66.3 Å². The number of ether oxygens (including phenoxy) is 1. The van der Waals surface area contributed by atoms with Gasteiger partial charge in [-0.25, -0.2) is 4.79 Å². The number of rotatable bonds is 8. The Bertz CT molecular complexity index is 1580. The van der Waals surface area contributed by atoms with Crippen LogP contribution in [0.3, 0.4) is 0 Å². The molecule has 3 fully saturated rings. The van der Waals surface area contributed by atoms with Gasteiger partial charge in [-0.1, -0.05) is 46.6 Å². The molecular weight excluding hydrogens is 563 g/mol. The fourth-order valence-electron chi connectivity index (χ4n) is 6.55. The number of nitrogens with zero attached hydrogens (tertiary/aromatic N) is 4. The van der Waals surface area contributed by atoms with Crippen LogP contribution in [0.25, 0.3) is 22.5 Å². The molecule has 2 aromatic heterocycles. The van der Waals surface area contributed by atoms with Crippen LogP contribution >= 0.6 is 23.2 Å². The van der Waals surface area contributed by atoms with Gasteiger partial charge in [0.2, 0.25) is 0 Å². The summed E-state index contributed by atoms with van der Waals surface area (Å²) in [5, 5.41) is 19.2. The number of aromatic nitrogens is 3. The number of anilines is 1. The molecule has 41 heavy (non-hydrogen) atoms. The summed E-state index contributed by atoms with van der Waals surface area (Å²) in [6.45, 7) is 0.424. The quantitative estimate of drug-likeness (QED) is 0.229. The van der Waals surface area contributed by atoms with Crippen LogP contribution in [0.2, 0.25) is 10.0 Å². The first-order chi connectivity index (χ1) is 19.9. The van der Waals surface area contributed by atoms with Crippen molar-refractivity contribution in [3.05, 3.63) is 75.6 Å². The highest BCUT2D eigenvalue weighted by Gasteiger charge is 2.42. The number of benzene rings is 2. The Hall–Kier alpha value is -3.33. The summed E-state index contributed by atoms with van der Waals surface area (Å²) in [5.41, 5.74) is 5.26. The molecule has 7 rings (SSSR count). The van der Waals surface area contributed by atoms with Crippen LogP contribution in [0.5, 0.6) is 0 Å². The first kappa shape index (κ1) is 26.6. The maximum Gasteiger partial charge on any atom is 0.354 e. The zero-order valence-electron chi connectivity index (χ0n) is 22.6. The summed E-state index contributed by atoms with van der Waals surface area (Å²) in [6, 6.07) is 16.2. The molecule has 0 amide bonds. The Balaban J connectivity index is 1.06. The number of hydrogen-bond acceptors (Lipinski definition) is 6. The van der Waals surface area contributed by atoms with Gasteiger partial charge in [0.15, 0.2) is 0 Å². The Morgan fingerprint density at radius 1 is 1.05 bits per heavy atom. The lowest BCUT2D eigenvalue weighted by Gasteiger charge is -2.40. The lowest BCUT2D eigenvalue weighted by Crippen LogP contribution is -2.45. The normalized spacial score (nSPS) is 21.9. The van der Waals surface area contributed by atoms with E-state index in [0.29, 0.717) is 51.6 Å². The average Bonchev–Trinajstić information content (AvgIpc) is 3.51. The Morgan fingerprint density at radius 3 is 2.34 bits per heavy atom. The highest BCUT2D eigenvalue weighted by molar-refractivity contribution is 6.39. The maximum atomic E-state index is 11.4. The zero-order chi connectivity index (χ0) is 28.2. The molecule has 212 valence electrons. The third-order valence-corrected chi connectivity index (χ3v) is 9.31. The molecular formula is C31H30Cl2N4O4. The molecule has 1 saturated carbocycles. The highest BCUT2D eigenvalue weighted by atomic mass is 35.5. The van der Waals surface area contributed by atoms with E-state index in [2.05, 4.69) is 27.3 Å². The molecule has 3 atom stereocenters. The number of piperidine rings is 1. The number of aromatic carboxylic acids is 1. The third kappa shape index (κ3) is 4.92. The van der Waals surface area contributed by atoms with Gasteiger partial charge in [-0.05, 0) is 68.9 Å². The molecule has 4 heterocycles. The van der Waals surface area contributed by atoms with Gasteiger partial charge in [0.05, 0.1) is 28.5 Å². The Kier molecular flexibility index (Phi) is 6.80. The number of halogens is 2. The molecule has 0 spiro atoms. The van der Waals surface area contributed by atoms with Gasteiger partial charge in [0.25, 0.3) is 0 Å². The largest absolute Gasteiger partial charge is 0.477 e. The topological polar surface area (TPSA) is 93.6 Å². The molecule has 0 radical (unpaired) electrons. The summed E-state index contributed by atoms with van der Waals surface area (Å²) in [6.07, 6.45) is 6.51. The molecule has 2 saturated heterocycles. The first-order valence-electron chi connectivity index (χ1n) is 14.1. The summed E-state index contributed by atoms with van der Waals surface area (Å²) in [5.74, 6) is 0.306. The second-order valence-corrected chi connectivity index (χ2v) is 12.1. The minimum absolute atomic E-state index is 0.141. The molecule has 4 aromatic rings. The summed E-state index contributed by atoms with van der Waals surface area (Å²) < 4.78 is 13.8. The van der Waals surface area contributed by atoms with E-state index in [1.165, 1.54) is 10.4 Å². The Morgan fingerprint density at radius 2 is 1.73 bits per heavy atom. The second-order valence-electron chi connectivity index (χ2n) is 11.3. The van der Waals surface area contributed by atoms with Crippen molar-refractivity contribution < 1.29 is 19.2 Å². The molecule has 10 heteroatoms. The standard InChI is InChI=1S/C31H30Cl2N4O4/c1-36-27(31(38)39)15-26(34-36)17-7-9-19(10-8-17)37-20-11-12-21(37)14-22(13-20)40-16-23-29(35-41-30(23)18-5-6-18)28-24(32)3-2-4-25(28)33/h2-4,7-10,15,18,20-22H,5-6,11-14,16H2,1H3,(H,38,39)/t20-,21+,22-. The third-order valence-electron chi connectivity index (χ3n) is 8.68. The summed E-state index contributed by atoms with van der Waals surface area (Å²) in [4.78, 5) is 13.9. The molecule has 2 aromatic carbocycles. The number of carbonyl (C=O) groups is 1. The van der Waals surface area contributed by atoms with E-state index >= 15 is 0 Å².